The van der Waals surface area contributed by atoms with Crippen molar-refractivity contribution in [3.8, 4) is 0 Å². The maximum absolute atomic E-state index is 12.4. The van der Waals surface area contributed by atoms with Gasteiger partial charge in [-0.25, -0.2) is 9.97 Å². The van der Waals surface area contributed by atoms with Gasteiger partial charge < -0.3 is 15.1 Å². The minimum absolute atomic E-state index is 0.128. The Kier molecular flexibility index (Phi) is 5.25. The number of carbonyl (C=O) groups excluding carboxylic acids is 1. The highest BCUT2D eigenvalue weighted by Gasteiger charge is 2.22. The lowest BCUT2D eigenvalue weighted by Gasteiger charge is -2.34. The minimum atomic E-state index is 0.128. The molecule has 1 aromatic heterocycles. The van der Waals surface area contributed by atoms with Crippen molar-refractivity contribution >= 4 is 17.5 Å². The van der Waals surface area contributed by atoms with Crippen molar-refractivity contribution < 1.29 is 4.79 Å². The number of rotatable bonds is 5. The van der Waals surface area contributed by atoms with E-state index in [9.17, 15) is 4.79 Å². The van der Waals surface area contributed by atoms with Gasteiger partial charge in [-0.3, -0.25) is 4.79 Å². The van der Waals surface area contributed by atoms with Gasteiger partial charge in [-0.2, -0.15) is 0 Å². The van der Waals surface area contributed by atoms with Crippen LogP contribution in [-0.4, -0.2) is 53.5 Å². The van der Waals surface area contributed by atoms with Crippen LogP contribution in [0.25, 0.3) is 0 Å². The van der Waals surface area contributed by atoms with Crippen molar-refractivity contribution in [3.63, 3.8) is 0 Å². The number of anilines is 2. The van der Waals surface area contributed by atoms with E-state index in [0.717, 1.165) is 31.1 Å². The maximum atomic E-state index is 12.4. The molecule has 126 valence electrons. The summed E-state index contributed by atoms with van der Waals surface area (Å²) in [5, 5.41) is 3.21. The molecule has 6 nitrogen and oxygen atoms in total. The molecule has 1 fully saturated rings. The highest BCUT2D eigenvalue weighted by molar-refractivity contribution is 5.81. The largest absolute Gasteiger partial charge is 0.376 e. The third-order valence-corrected chi connectivity index (χ3v) is 4.27. The average Bonchev–Trinajstić information content (AvgIpc) is 2.67. The number of amides is 1. The van der Waals surface area contributed by atoms with Crippen molar-refractivity contribution in [3.05, 3.63) is 48.3 Å². The SMILES string of the molecule is CCc1ccc(NCC(=O)N2CCN(c3ncccn3)CC2)cc1. The molecular weight excluding hydrogens is 302 g/mol. The summed E-state index contributed by atoms with van der Waals surface area (Å²) < 4.78 is 0. The Labute approximate surface area is 142 Å². The zero-order valence-corrected chi connectivity index (χ0v) is 14.0. The third kappa shape index (κ3) is 4.01. The van der Waals surface area contributed by atoms with Gasteiger partial charge in [-0.05, 0) is 30.2 Å². The van der Waals surface area contributed by atoms with Gasteiger partial charge in [0.2, 0.25) is 11.9 Å². The zero-order chi connectivity index (χ0) is 16.8. The fourth-order valence-corrected chi connectivity index (χ4v) is 2.76. The number of hydrogen-bond donors (Lipinski definition) is 1. The minimum Gasteiger partial charge on any atom is -0.376 e. The Morgan fingerprint density at radius 3 is 2.38 bits per heavy atom. The summed E-state index contributed by atoms with van der Waals surface area (Å²) in [5.41, 5.74) is 2.28. The normalized spacial score (nSPS) is 14.5. The van der Waals surface area contributed by atoms with E-state index >= 15 is 0 Å². The molecule has 1 N–H and O–H groups in total. The average molecular weight is 325 g/mol. The van der Waals surface area contributed by atoms with E-state index in [-0.39, 0.29) is 5.91 Å². The highest BCUT2D eigenvalue weighted by atomic mass is 16.2. The van der Waals surface area contributed by atoms with Crippen LogP contribution in [-0.2, 0) is 11.2 Å². The monoisotopic (exact) mass is 325 g/mol. The maximum Gasteiger partial charge on any atom is 0.241 e. The van der Waals surface area contributed by atoms with Crippen molar-refractivity contribution in [2.45, 2.75) is 13.3 Å². The second-order valence-corrected chi connectivity index (χ2v) is 5.82. The standard InChI is InChI=1S/C18H23N5O/c1-2-15-4-6-16(7-5-15)21-14-17(24)22-10-12-23(13-11-22)18-19-8-3-9-20-18/h3-9,21H,2,10-14H2,1H3. The van der Waals surface area contributed by atoms with Crippen LogP contribution in [0.4, 0.5) is 11.6 Å². The lowest BCUT2D eigenvalue weighted by molar-refractivity contribution is -0.129. The number of benzene rings is 1. The van der Waals surface area contributed by atoms with Gasteiger partial charge in [0, 0.05) is 44.3 Å². The van der Waals surface area contributed by atoms with E-state index in [0.29, 0.717) is 19.6 Å². The van der Waals surface area contributed by atoms with E-state index in [1.54, 1.807) is 12.4 Å². The molecule has 1 aliphatic rings. The third-order valence-electron chi connectivity index (χ3n) is 4.27. The second-order valence-electron chi connectivity index (χ2n) is 5.82. The van der Waals surface area contributed by atoms with Crippen molar-refractivity contribution in [2.75, 3.05) is 42.9 Å². The molecule has 0 saturated carbocycles. The van der Waals surface area contributed by atoms with Crippen molar-refractivity contribution in [1.29, 1.82) is 0 Å². The number of carbonyl (C=O) groups is 1. The highest BCUT2D eigenvalue weighted by Crippen LogP contribution is 2.12. The van der Waals surface area contributed by atoms with Gasteiger partial charge in [0.05, 0.1) is 6.54 Å². The first-order chi connectivity index (χ1) is 11.8. The van der Waals surface area contributed by atoms with Gasteiger partial charge in [0.15, 0.2) is 0 Å². The van der Waals surface area contributed by atoms with Crippen LogP contribution in [0.5, 0.6) is 0 Å². The molecule has 0 unspecified atom stereocenters. The summed E-state index contributed by atoms with van der Waals surface area (Å²) in [6, 6.07) is 10.0. The Bertz CT molecular complexity index is 651. The number of nitrogens with zero attached hydrogens (tertiary/aromatic N) is 4. The molecular formula is C18H23N5O. The molecule has 3 rings (SSSR count). The number of hydrogen-bond acceptors (Lipinski definition) is 5. The molecule has 1 aliphatic heterocycles. The fourth-order valence-electron chi connectivity index (χ4n) is 2.76. The molecule has 0 aliphatic carbocycles. The lowest BCUT2D eigenvalue weighted by Crippen LogP contribution is -2.50. The van der Waals surface area contributed by atoms with Gasteiger partial charge in [0.25, 0.3) is 0 Å². The van der Waals surface area contributed by atoms with Crippen molar-refractivity contribution in [1.82, 2.24) is 14.9 Å². The van der Waals surface area contributed by atoms with Crippen LogP contribution < -0.4 is 10.2 Å². The van der Waals surface area contributed by atoms with Crippen LogP contribution >= 0.6 is 0 Å². The molecule has 0 bridgehead atoms. The quantitative estimate of drug-likeness (QED) is 0.908. The van der Waals surface area contributed by atoms with Crippen LogP contribution in [0, 0.1) is 0 Å². The summed E-state index contributed by atoms with van der Waals surface area (Å²) in [4.78, 5) is 24.9. The van der Waals surface area contributed by atoms with Crippen molar-refractivity contribution in [2.24, 2.45) is 0 Å². The van der Waals surface area contributed by atoms with Crippen LogP contribution in [0.15, 0.2) is 42.7 Å². The molecule has 0 spiro atoms. The van der Waals surface area contributed by atoms with Gasteiger partial charge in [-0.15, -0.1) is 0 Å². The predicted octanol–water partition coefficient (Wildman–Crippen LogP) is 1.80. The van der Waals surface area contributed by atoms with Gasteiger partial charge >= 0.3 is 0 Å². The fraction of sp³-hybridized carbons (Fsp3) is 0.389. The first-order valence-electron chi connectivity index (χ1n) is 8.39. The lowest BCUT2D eigenvalue weighted by atomic mass is 10.1. The molecule has 6 heteroatoms. The molecule has 0 atom stereocenters. The summed E-state index contributed by atoms with van der Waals surface area (Å²) in [5.74, 6) is 0.863. The first kappa shape index (κ1) is 16.2. The van der Waals surface area contributed by atoms with E-state index in [1.807, 2.05) is 23.1 Å². The van der Waals surface area contributed by atoms with E-state index in [1.165, 1.54) is 5.56 Å². The Morgan fingerprint density at radius 2 is 1.75 bits per heavy atom. The molecule has 0 radical (unpaired) electrons. The molecule has 24 heavy (non-hydrogen) atoms. The number of aromatic nitrogens is 2. The van der Waals surface area contributed by atoms with Gasteiger partial charge in [-0.1, -0.05) is 19.1 Å². The smallest absolute Gasteiger partial charge is 0.241 e. The summed E-state index contributed by atoms with van der Waals surface area (Å²) in [6.07, 6.45) is 4.51. The first-order valence-corrected chi connectivity index (χ1v) is 8.39. The van der Waals surface area contributed by atoms with Crippen LogP contribution in [0.2, 0.25) is 0 Å². The van der Waals surface area contributed by atoms with Crippen LogP contribution in [0.1, 0.15) is 12.5 Å². The molecule has 1 saturated heterocycles. The zero-order valence-electron chi connectivity index (χ0n) is 14.0. The van der Waals surface area contributed by atoms with E-state index in [2.05, 4.69) is 39.2 Å². The summed E-state index contributed by atoms with van der Waals surface area (Å²) >= 11 is 0. The molecule has 1 amide bonds. The molecule has 1 aromatic carbocycles. The van der Waals surface area contributed by atoms with Crippen LogP contribution in [0.3, 0.4) is 0 Å². The molecule has 2 heterocycles. The Morgan fingerprint density at radius 1 is 1.08 bits per heavy atom. The van der Waals surface area contributed by atoms with E-state index < -0.39 is 0 Å². The topological polar surface area (TPSA) is 61.4 Å². The number of piperazine rings is 1. The summed E-state index contributed by atoms with van der Waals surface area (Å²) in [7, 11) is 0. The number of aryl methyl sites for hydroxylation is 1. The predicted molar refractivity (Wildman–Crippen MR) is 95.1 cm³/mol. The Balaban J connectivity index is 1.46. The van der Waals surface area contributed by atoms with E-state index in [4.69, 9.17) is 0 Å². The van der Waals surface area contributed by atoms with Gasteiger partial charge in [0.1, 0.15) is 0 Å². The second kappa shape index (κ2) is 7.77. The molecule has 2 aromatic rings. The summed E-state index contributed by atoms with van der Waals surface area (Å²) in [6.45, 7) is 5.39. The Hall–Kier alpha value is -2.63. The number of nitrogens with one attached hydrogen (secondary N) is 1.